The SMILES string of the molecule is COC(=O)c1ccccc1-c1ccc(C=C2SC(=S)N(c3ccc(Cl)cc3)C2=O)o1. The van der Waals surface area contributed by atoms with E-state index in [4.69, 9.17) is 33.0 Å². The number of thioether (sulfide) groups is 1. The first-order chi connectivity index (χ1) is 14.5. The van der Waals surface area contributed by atoms with Crippen LogP contribution in [0.5, 0.6) is 0 Å². The fourth-order valence-corrected chi connectivity index (χ4v) is 4.38. The van der Waals surface area contributed by atoms with Crippen molar-refractivity contribution in [1.29, 1.82) is 0 Å². The molecule has 1 saturated heterocycles. The maximum atomic E-state index is 12.9. The molecule has 1 amide bonds. The van der Waals surface area contributed by atoms with Crippen molar-refractivity contribution in [3.05, 3.63) is 81.9 Å². The van der Waals surface area contributed by atoms with E-state index in [1.54, 1.807) is 66.7 Å². The van der Waals surface area contributed by atoms with Gasteiger partial charge < -0.3 is 9.15 Å². The number of anilines is 1. The van der Waals surface area contributed by atoms with Gasteiger partial charge in [0, 0.05) is 16.7 Å². The average Bonchev–Trinajstić information content (AvgIpc) is 3.33. The number of nitrogens with zero attached hydrogens (tertiary/aromatic N) is 1. The highest BCUT2D eigenvalue weighted by molar-refractivity contribution is 8.27. The van der Waals surface area contributed by atoms with E-state index in [1.807, 2.05) is 0 Å². The number of carbonyl (C=O) groups excluding carboxylic acids is 2. The molecule has 1 aliphatic rings. The lowest BCUT2D eigenvalue weighted by Crippen LogP contribution is -2.27. The molecule has 0 unspecified atom stereocenters. The van der Waals surface area contributed by atoms with Crippen LogP contribution >= 0.6 is 35.6 Å². The van der Waals surface area contributed by atoms with Crippen LogP contribution in [0, 0.1) is 0 Å². The molecular formula is C22H14ClNO4S2. The summed E-state index contributed by atoms with van der Waals surface area (Å²) in [5, 5.41) is 0.579. The summed E-state index contributed by atoms with van der Waals surface area (Å²) >= 11 is 12.5. The zero-order valence-electron chi connectivity index (χ0n) is 15.6. The van der Waals surface area contributed by atoms with E-state index in [0.29, 0.717) is 42.6 Å². The molecule has 8 heteroatoms. The Bertz CT molecular complexity index is 1180. The van der Waals surface area contributed by atoms with Crippen LogP contribution in [-0.2, 0) is 9.53 Å². The zero-order valence-corrected chi connectivity index (χ0v) is 18.0. The lowest BCUT2D eigenvalue weighted by atomic mass is 10.1. The van der Waals surface area contributed by atoms with Crippen LogP contribution in [0.3, 0.4) is 0 Å². The van der Waals surface area contributed by atoms with Crippen molar-refractivity contribution in [3.63, 3.8) is 0 Å². The summed E-state index contributed by atoms with van der Waals surface area (Å²) in [5.41, 5.74) is 1.66. The Kier molecular flexibility index (Phi) is 5.76. The summed E-state index contributed by atoms with van der Waals surface area (Å²) in [5.74, 6) is 0.282. The molecule has 0 radical (unpaired) electrons. The molecule has 150 valence electrons. The Morgan fingerprint density at radius 1 is 1.13 bits per heavy atom. The molecule has 5 nitrogen and oxygen atoms in total. The van der Waals surface area contributed by atoms with E-state index < -0.39 is 5.97 Å². The second-order valence-electron chi connectivity index (χ2n) is 6.23. The van der Waals surface area contributed by atoms with Crippen LogP contribution in [-0.4, -0.2) is 23.3 Å². The molecule has 0 saturated carbocycles. The number of ether oxygens (including phenoxy) is 1. The number of esters is 1. The summed E-state index contributed by atoms with van der Waals surface area (Å²) in [6.45, 7) is 0. The minimum atomic E-state index is -0.451. The van der Waals surface area contributed by atoms with E-state index in [9.17, 15) is 9.59 Å². The van der Waals surface area contributed by atoms with Gasteiger partial charge in [-0.3, -0.25) is 9.69 Å². The minimum absolute atomic E-state index is 0.236. The van der Waals surface area contributed by atoms with Crippen LogP contribution in [0.15, 0.2) is 70.0 Å². The van der Waals surface area contributed by atoms with E-state index >= 15 is 0 Å². The number of benzene rings is 2. The van der Waals surface area contributed by atoms with Gasteiger partial charge >= 0.3 is 5.97 Å². The molecular weight excluding hydrogens is 442 g/mol. The molecule has 0 spiro atoms. The fraction of sp³-hybridized carbons (Fsp3) is 0.0455. The standard InChI is InChI=1S/C22H14ClNO4S2/c1-27-21(26)17-5-3-2-4-16(17)18-11-10-15(28-18)12-19-20(25)24(22(29)30-19)14-8-6-13(23)7-9-14/h2-12H,1H3. The topological polar surface area (TPSA) is 59.8 Å². The largest absolute Gasteiger partial charge is 0.465 e. The second-order valence-corrected chi connectivity index (χ2v) is 8.34. The summed E-state index contributed by atoms with van der Waals surface area (Å²) in [4.78, 5) is 26.8. The third kappa shape index (κ3) is 3.92. The number of hydrogen-bond acceptors (Lipinski definition) is 6. The fourth-order valence-electron chi connectivity index (χ4n) is 2.97. The Hall–Kier alpha value is -2.87. The molecule has 1 aromatic heterocycles. The quantitative estimate of drug-likeness (QED) is 0.282. The Labute approximate surface area is 187 Å². The lowest BCUT2D eigenvalue weighted by molar-refractivity contribution is -0.113. The molecule has 0 aliphatic carbocycles. The number of thiocarbonyl (C=S) groups is 1. The van der Waals surface area contributed by atoms with Gasteiger partial charge in [0.1, 0.15) is 11.5 Å². The van der Waals surface area contributed by atoms with Crippen molar-refractivity contribution in [1.82, 2.24) is 0 Å². The Morgan fingerprint density at radius 2 is 1.87 bits per heavy atom. The normalized spacial score (nSPS) is 15.1. The first-order valence-electron chi connectivity index (χ1n) is 8.79. The van der Waals surface area contributed by atoms with Crippen molar-refractivity contribution < 1.29 is 18.7 Å². The second kappa shape index (κ2) is 8.47. The molecule has 0 atom stereocenters. The summed E-state index contributed by atoms with van der Waals surface area (Å²) in [7, 11) is 1.33. The average molecular weight is 456 g/mol. The van der Waals surface area contributed by atoms with Crippen LogP contribution in [0.25, 0.3) is 17.4 Å². The third-order valence-corrected chi connectivity index (χ3v) is 5.93. The molecule has 2 heterocycles. The highest BCUT2D eigenvalue weighted by atomic mass is 35.5. The first-order valence-corrected chi connectivity index (χ1v) is 10.4. The highest BCUT2D eigenvalue weighted by Gasteiger charge is 2.33. The van der Waals surface area contributed by atoms with Gasteiger partial charge in [-0.2, -0.15) is 0 Å². The summed E-state index contributed by atoms with van der Waals surface area (Å²) in [6, 6.07) is 17.4. The lowest BCUT2D eigenvalue weighted by Gasteiger charge is -2.14. The van der Waals surface area contributed by atoms with Crippen LogP contribution in [0.2, 0.25) is 5.02 Å². The van der Waals surface area contributed by atoms with Crippen LogP contribution in [0.1, 0.15) is 16.1 Å². The van der Waals surface area contributed by atoms with Crippen LogP contribution in [0.4, 0.5) is 5.69 Å². The molecule has 0 N–H and O–H groups in total. The first kappa shape index (κ1) is 20.4. The highest BCUT2D eigenvalue weighted by Crippen LogP contribution is 2.37. The van der Waals surface area contributed by atoms with Crippen LogP contribution < -0.4 is 4.90 Å². The van der Waals surface area contributed by atoms with Crippen molar-refractivity contribution in [2.45, 2.75) is 0 Å². The molecule has 1 aliphatic heterocycles. The Balaban J connectivity index is 1.62. The summed E-state index contributed by atoms with van der Waals surface area (Å²) < 4.78 is 11.1. The number of rotatable bonds is 4. The van der Waals surface area contributed by atoms with Crippen molar-refractivity contribution in [3.8, 4) is 11.3 Å². The number of methoxy groups -OCH3 is 1. The molecule has 2 aromatic carbocycles. The Morgan fingerprint density at radius 3 is 2.60 bits per heavy atom. The molecule has 3 aromatic rings. The van der Waals surface area contributed by atoms with E-state index in [0.717, 1.165) is 0 Å². The van der Waals surface area contributed by atoms with Gasteiger partial charge in [0.15, 0.2) is 4.32 Å². The maximum Gasteiger partial charge on any atom is 0.338 e. The number of amides is 1. The van der Waals surface area contributed by atoms with Gasteiger partial charge in [-0.15, -0.1) is 0 Å². The van der Waals surface area contributed by atoms with E-state index in [2.05, 4.69) is 0 Å². The van der Waals surface area contributed by atoms with Gasteiger partial charge in [0.2, 0.25) is 0 Å². The molecule has 0 bridgehead atoms. The smallest absolute Gasteiger partial charge is 0.338 e. The van der Waals surface area contributed by atoms with E-state index in [-0.39, 0.29) is 5.91 Å². The number of hydrogen-bond donors (Lipinski definition) is 0. The van der Waals surface area contributed by atoms with E-state index in [1.165, 1.54) is 23.8 Å². The number of halogens is 1. The maximum absolute atomic E-state index is 12.9. The van der Waals surface area contributed by atoms with Crippen molar-refractivity contribution >= 4 is 63.5 Å². The van der Waals surface area contributed by atoms with Gasteiger partial charge in [0.05, 0.1) is 23.3 Å². The molecule has 30 heavy (non-hydrogen) atoms. The predicted octanol–water partition coefficient (Wildman–Crippen LogP) is 5.79. The minimum Gasteiger partial charge on any atom is -0.465 e. The van der Waals surface area contributed by atoms with Gasteiger partial charge in [-0.1, -0.05) is 53.8 Å². The number of carbonyl (C=O) groups is 2. The monoisotopic (exact) mass is 455 g/mol. The van der Waals surface area contributed by atoms with Gasteiger partial charge in [-0.05, 0) is 42.5 Å². The predicted molar refractivity (Wildman–Crippen MR) is 123 cm³/mol. The van der Waals surface area contributed by atoms with Crippen molar-refractivity contribution in [2.75, 3.05) is 12.0 Å². The number of furan rings is 1. The third-order valence-electron chi connectivity index (χ3n) is 4.38. The van der Waals surface area contributed by atoms with Gasteiger partial charge in [-0.25, -0.2) is 4.79 Å². The molecule has 1 fully saturated rings. The van der Waals surface area contributed by atoms with Gasteiger partial charge in [0.25, 0.3) is 5.91 Å². The molecule has 4 rings (SSSR count). The summed E-state index contributed by atoms with van der Waals surface area (Å²) in [6.07, 6.45) is 1.64. The zero-order chi connectivity index (χ0) is 21.3. The van der Waals surface area contributed by atoms with Crippen molar-refractivity contribution in [2.24, 2.45) is 0 Å².